The fourth-order valence-electron chi connectivity index (χ4n) is 2.46. The van der Waals surface area contributed by atoms with E-state index in [2.05, 4.69) is 36.5 Å². The summed E-state index contributed by atoms with van der Waals surface area (Å²) in [6.07, 6.45) is 1.81. The van der Waals surface area contributed by atoms with E-state index in [0.717, 1.165) is 22.2 Å². The molecule has 2 heterocycles. The van der Waals surface area contributed by atoms with E-state index in [1.807, 2.05) is 43.8 Å². The Morgan fingerprint density at radius 1 is 1.24 bits per heavy atom. The van der Waals surface area contributed by atoms with Crippen molar-refractivity contribution in [3.05, 3.63) is 42.6 Å². The average molecular weight is 340 g/mol. The van der Waals surface area contributed by atoms with Gasteiger partial charge in [-0.1, -0.05) is 40.3 Å². The number of hydrogen-bond acceptors (Lipinski definition) is 3. The highest BCUT2D eigenvalue weighted by Gasteiger charge is 2.14. The highest BCUT2D eigenvalue weighted by molar-refractivity contribution is 5.83. The van der Waals surface area contributed by atoms with Gasteiger partial charge in [-0.25, -0.2) is 4.98 Å². The van der Waals surface area contributed by atoms with E-state index >= 15 is 0 Å². The molecule has 25 heavy (non-hydrogen) atoms. The van der Waals surface area contributed by atoms with Gasteiger partial charge in [0, 0.05) is 13.2 Å². The third-order valence-corrected chi connectivity index (χ3v) is 3.83. The summed E-state index contributed by atoms with van der Waals surface area (Å²) in [7, 11) is 1.88. The number of nitrogens with one attached hydrogen (secondary N) is 1. The van der Waals surface area contributed by atoms with Gasteiger partial charge in [0.05, 0.1) is 11.0 Å². The van der Waals surface area contributed by atoms with Gasteiger partial charge < -0.3 is 20.4 Å². The Morgan fingerprint density at radius 3 is 2.40 bits per heavy atom. The zero-order valence-electron chi connectivity index (χ0n) is 15.7. The number of nitrogens with two attached hydrogens (primary N) is 1. The number of rotatable bonds is 3. The van der Waals surface area contributed by atoms with Crippen LogP contribution in [0.25, 0.3) is 28.1 Å². The van der Waals surface area contributed by atoms with Crippen LogP contribution in [0.5, 0.6) is 5.75 Å². The van der Waals surface area contributed by atoms with Crippen molar-refractivity contribution in [2.75, 3.05) is 0 Å². The molecular formula is C20H28N4O. The van der Waals surface area contributed by atoms with Gasteiger partial charge >= 0.3 is 0 Å². The second kappa shape index (κ2) is 7.57. The van der Waals surface area contributed by atoms with E-state index in [9.17, 15) is 5.11 Å². The summed E-state index contributed by atoms with van der Waals surface area (Å²) >= 11 is 0. The van der Waals surface area contributed by atoms with Crippen molar-refractivity contribution in [3.63, 3.8) is 0 Å². The lowest BCUT2D eigenvalue weighted by Gasteiger charge is -2.09. The summed E-state index contributed by atoms with van der Waals surface area (Å²) in [6.45, 7) is 12.3. The highest BCUT2D eigenvalue weighted by atomic mass is 16.3. The minimum atomic E-state index is 0.225. The first-order valence-electron chi connectivity index (χ1n) is 8.49. The topological polar surface area (TPSA) is 79.9 Å². The van der Waals surface area contributed by atoms with Gasteiger partial charge in [0.2, 0.25) is 0 Å². The third-order valence-electron chi connectivity index (χ3n) is 3.83. The summed E-state index contributed by atoms with van der Waals surface area (Å²) in [5.41, 5.74) is 9.85. The number of nitrogens with zero attached hydrogens (tertiary/aromatic N) is 2. The summed E-state index contributed by atoms with van der Waals surface area (Å²) in [6, 6.07) is 8.08. The Morgan fingerprint density at radius 2 is 1.88 bits per heavy atom. The molecule has 134 valence electrons. The van der Waals surface area contributed by atoms with Crippen LogP contribution in [0.15, 0.2) is 37.0 Å². The van der Waals surface area contributed by atoms with Crippen molar-refractivity contribution in [2.24, 2.45) is 18.7 Å². The first-order chi connectivity index (χ1) is 11.7. The van der Waals surface area contributed by atoms with Crippen molar-refractivity contribution in [1.82, 2.24) is 14.5 Å². The van der Waals surface area contributed by atoms with E-state index in [4.69, 9.17) is 5.73 Å². The average Bonchev–Trinajstić information content (AvgIpc) is 3.07. The molecule has 3 rings (SSSR count). The van der Waals surface area contributed by atoms with Gasteiger partial charge in [-0.3, -0.25) is 0 Å². The maximum Gasteiger partial charge on any atom is 0.159 e. The number of aryl methyl sites for hydroxylation is 1. The molecule has 0 radical (unpaired) electrons. The standard InChI is InChI=1S/C17H19N3O.C3H9N/c1-10(2)11(3)12-5-6-13-14(9-12)19-17(18-13)16-15(21)7-8-20(16)4;1-3(2)4/h5-10,21H,3H2,1-2,4H3,(H,18,19);3H,4H2,1-2H3. The molecule has 0 aliphatic carbocycles. The van der Waals surface area contributed by atoms with Crippen LogP contribution in [0.3, 0.4) is 0 Å². The van der Waals surface area contributed by atoms with Crippen LogP contribution in [0, 0.1) is 5.92 Å². The van der Waals surface area contributed by atoms with Crippen LogP contribution in [0.1, 0.15) is 33.3 Å². The molecule has 2 aromatic heterocycles. The van der Waals surface area contributed by atoms with Crippen molar-refractivity contribution < 1.29 is 5.11 Å². The highest BCUT2D eigenvalue weighted by Crippen LogP contribution is 2.30. The molecule has 1 aromatic carbocycles. The van der Waals surface area contributed by atoms with Crippen molar-refractivity contribution >= 4 is 16.6 Å². The van der Waals surface area contributed by atoms with Gasteiger partial charge in [0.15, 0.2) is 5.82 Å². The lowest BCUT2D eigenvalue weighted by molar-refractivity contribution is 0.476. The maximum absolute atomic E-state index is 9.93. The summed E-state index contributed by atoms with van der Waals surface area (Å²) in [5.74, 6) is 1.30. The Bertz CT molecular complexity index is 849. The van der Waals surface area contributed by atoms with E-state index < -0.39 is 0 Å². The number of allylic oxidation sites excluding steroid dienone is 1. The van der Waals surface area contributed by atoms with Gasteiger partial charge in [0.25, 0.3) is 0 Å². The van der Waals surface area contributed by atoms with Crippen LogP contribution in [-0.4, -0.2) is 25.7 Å². The maximum atomic E-state index is 9.93. The lowest BCUT2D eigenvalue weighted by atomic mass is 9.97. The molecule has 0 fully saturated rings. The molecule has 0 bridgehead atoms. The third kappa shape index (κ3) is 4.31. The quantitative estimate of drug-likeness (QED) is 0.665. The summed E-state index contributed by atoms with van der Waals surface area (Å²) in [5, 5.41) is 9.93. The van der Waals surface area contributed by atoms with Gasteiger partial charge in [0.1, 0.15) is 11.4 Å². The molecule has 0 saturated heterocycles. The normalized spacial score (nSPS) is 11.0. The SMILES string of the molecule is C=C(c1ccc2nc(-c3c(O)ccn3C)[nH]c2c1)C(C)C.CC(C)N. The molecule has 0 amide bonds. The molecule has 4 N–H and O–H groups in total. The number of hydrogen-bond donors (Lipinski definition) is 3. The van der Waals surface area contributed by atoms with Crippen LogP contribution in [-0.2, 0) is 7.05 Å². The zero-order valence-corrected chi connectivity index (χ0v) is 15.7. The number of aromatic hydroxyl groups is 1. The van der Waals surface area contributed by atoms with Gasteiger partial charge in [-0.15, -0.1) is 0 Å². The predicted octanol–water partition coefficient (Wildman–Crippen LogP) is 4.30. The Hall–Kier alpha value is -2.53. The van der Waals surface area contributed by atoms with Crippen molar-refractivity contribution in [2.45, 2.75) is 33.7 Å². The van der Waals surface area contributed by atoms with E-state index in [1.165, 1.54) is 0 Å². The molecule has 0 unspecified atom stereocenters. The second-order valence-corrected chi connectivity index (χ2v) is 6.90. The molecule has 0 aliphatic heterocycles. The number of aromatic amines is 1. The molecule has 0 aliphatic rings. The summed E-state index contributed by atoms with van der Waals surface area (Å²) in [4.78, 5) is 7.84. The smallest absolute Gasteiger partial charge is 0.159 e. The molecule has 3 aromatic rings. The van der Waals surface area contributed by atoms with Crippen molar-refractivity contribution in [3.8, 4) is 17.3 Å². The number of aromatic nitrogens is 3. The molecular weight excluding hydrogens is 312 g/mol. The largest absolute Gasteiger partial charge is 0.506 e. The molecule has 0 spiro atoms. The number of benzene rings is 1. The first kappa shape index (κ1) is 18.8. The van der Waals surface area contributed by atoms with Crippen LogP contribution < -0.4 is 5.73 Å². The predicted molar refractivity (Wildman–Crippen MR) is 105 cm³/mol. The number of fused-ring (bicyclic) bond motifs is 1. The minimum Gasteiger partial charge on any atom is -0.506 e. The molecule has 0 atom stereocenters. The molecule has 5 heteroatoms. The number of imidazole rings is 1. The Kier molecular flexibility index (Phi) is 5.69. The van der Waals surface area contributed by atoms with E-state index in [-0.39, 0.29) is 5.75 Å². The van der Waals surface area contributed by atoms with Crippen molar-refractivity contribution in [1.29, 1.82) is 0 Å². The Balaban J connectivity index is 0.000000511. The number of H-pyrrole nitrogens is 1. The van der Waals surface area contributed by atoms with Gasteiger partial charge in [-0.05, 0) is 41.3 Å². The summed E-state index contributed by atoms with van der Waals surface area (Å²) < 4.78 is 1.85. The second-order valence-electron chi connectivity index (χ2n) is 6.90. The monoisotopic (exact) mass is 340 g/mol. The van der Waals surface area contributed by atoms with E-state index in [1.54, 1.807) is 6.07 Å². The zero-order chi connectivity index (χ0) is 18.7. The Labute approximate surface area is 149 Å². The lowest BCUT2D eigenvalue weighted by Crippen LogP contribution is -2.06. The fourth-order valence-corrected chi connectivity index (χ4v) is 2.46. The first-order valence-corrected chi connectivity index (χ1v) is 8.49. The fraction of sp³-hybridized carbons (Fsp3) is 0.350. The van der Waals surface area contributed by atoms with E-state index in [0.29, 0.717) is 23.5 Å². The van der Waals surface area contributed by atoms with Crippen LogP contribution in [0.4, 0.5) is 0 Å². The van der Waals surface area contributed by atoms with Crippen LogP contribution in [0.2, 0.25) is 0 Å². The molecule has 0 saturated carbocycles. The van der Waals surface area contributed by atoms with Gasteiger partial charge in [-0.2, -0.15) is 0 Å². The molecule has 5 nitrogen and oxygen atoms in total. The minimum absolute atomic E-state index is 0.225. The van der Waals surface area contributed by atoms with Crippen LogP contribution >= 0.6 is 0 Å².